The van der Waals surface area contributed by atoms with Crippen LogP contribution in [0.1, 0.15) is 43.2 Å². The number of hydrogen-bond donors (Lipinski definition) is 1. The van der Waals surface area contributed by atoms with E-state index >= 15 is 0 Å². The third-order valence-electron chi connectivity index (χ3n) is 7.34. The highest BCUT2D eigenvalue weighted by atomic mass is 35.5. The van der Waals surface area contributed by atoms with Gasteiger partial charge in [-0.1, -0.05) is 96.5 Å². The first-order chi connectivity index (χ1) is 20.0. The van der Waals surface area contributed by atoms with Crippen molar-refractivity contribution >= 4 is 62.3 Å². The van der Waals surface area contributed by atoms with E-state index in [9.17, 15) is 18.0 Å². The van der Waals surface area contributed by atoms with Crippen molar-refractivity contribution in [1.82, 2.24) is 10.2 Å². The predicted molar refractivity (Wildman–Crippen MR) is 170 cm³/mol. The maximum atomic E-state index is 14.2. The van der Waals surface area contributed by atoms with Crippen molar-refractivity contribution in [2.45, 2.75) is 57.2 Å². The molecule has 2 amide bonds. The lowest BCUT2D eigenvalue weighted by Gasteiger charge is -2.35. The van der Waals surface area contributed by atoms with Crippen LogP contribution in [0.2, 0.25) is 15.1 Å². The quantitative estimate of drug-likeness (QED) is 0.257. The summed E-state index contributed by atoms with van der Waals surface area (Å²) in [6, 6.07) is 20.0. The number of anilines is 1. The molecule has 0 unspecified atom stereocenters. The number of rotatable bonds is 11. The molecule has 1 saturated carbocycles. The Bertz CT molecular complexity index is 1480. The molecule has 0 spiro atoms. The number of nitrogens with one attached hydrogen (secondary N) is 1. The zero-order valence-corrected chi connectivity index (χ0v) is 26.4. The lowest BCUT2D eigenvalue weighted by molar-refractivity contribution is -0.140. The van der Waals surface area contributed by atoms with Crippen LogP contribution in [0.15, 0.2) is 72.8 Å². The molecular formula is C31H34Cl3N3O4S. The van der Waals surface area contributed by atoms with Crippen molar-refractivity contribution in [3.8, 4) is 0 Å². The van der Waals surface area contributed by atoms with Crippen molar-refractivity contribution in [2.24, 2.45) is 0 Å². The molecule has 0 heterocycles. The SMILES string of the molecule is CS(=O)(=O)N(CC(=O)N(Cc1ccc(Cl)cc1)[C@@H](Cc1ccccc1)C(=O)NC1CCCCC1)c1cc(Cl)ccc1Cl. The van der Waals surface area contributed by atoms with E-state index in [0.29, 0.717) is 5.02 Å². The predicted octanol–water partition coefficient (Wildman–Crippen LogP) is 6.50. The molecule has 0 aromatic heterocycles. The van der Waals surface area contributed by atoms with Gasteiger partial charge < -0.3 is 10.2 Å². The number of halogens is 3. The molecule has 3 aromatic carbocycles. The monoisotopic (exact) mass is 649 g/mol. The molecule has 1 aliphatic carbocycles. The first kappa shape index (κ1) is 32.1. The van der Waals surface area contributed by atoms with Gasteiger partial charge in [-0.3, -0.25) is 13.9 Å². The normalized spacial score (nSPS) is 14.7. The van der Waals surface area contributed by atoms with Crippen LogP contribution in [0.4, 0.5) is 5.69 Å². The van der Waals surface area contributed by atoms with Gasteiger partial charge in [0.25, 0.3) is 0 Å². The molecule has 42 heavy (non-hydrogen) atoms. The molecule has 1 aliphatic rings. The number of amides is 2. The number of sulfonamides is 1. The summed E-state index contributed by atoms with van der Waals surface area (Å²) in [5, 5.41) is 4.10. The summed E-state index contributed by atoms with van der Waals surface area (Å²) < 4.78 is 26.9. The van der Waals surface area contributed by atoms with Crippen LogP contribution in [-0.4, -0.2) is 50.0 Å². The first-order valence-electron chi connectivity index (χ1n) is 13.8. The Hall–Kier alpha value is -2.78. The second kappa shape index (κ2) is 14.6. The van der Waals surface area contributed by atoms with Gasteiger partial charge in [-0.25, -0.2) is 8.42 Å². The zero-order valence-electron chi connectivity index (χ0n) is 23.3. The molecule has 0 radical (unpaired) electrons. The fourth-order valence-corrected chi connectivity index (χ4v) is 6.57. The summed E-state index contributed by atoms with van der Waals surface area (Å²) in [4.78, 5) is 29.6. The first-order valence-corrected chi connectivity index (χ1v) is 16.8. The van der Waals surface area contributed by atoms with Gasteiger partial charge in [0.2, 0.25) is 21.8 Å². The van der Waals surface area contributed by atoms with Crippen molar-refractivity contribution in [2.75, 3.05) is 17.1 Å². The van der Waals surface area contributed by atoms with Gasteiger partial charge in [-0.15, -0.1) is 0 Å². The van der Waals surface area contributed by atoms with Crippen molar-refractivity contribution in [3.63, 3.8) is 0 Å². The summed E-state index contributed by atoms with van der Waals surface area (Å²) in [5.74, 6) is -0.842. The molecule has 1 atom stereocenters. The molecule has 4 rings (SSSR count). The fraction of sp³-hybridized carbons (Fsp3) is 0.355. The average Bonchev–Trinajstić information content (AvgIpc) is 2.96. The molecule has 0 bridgehead atoms. The van der Waals surface area contributed by atoms with Gasteiger partial charge in [0.1, 0.15) is 12.6 Å². The van der Waals surface area contributed by atoms with Crippen LogP contribution in [0, 0.1) is 0 Å². The molecule has 1 fully saturated rings. The van der Waals surface area contributed by atoms with Gasteiger partial charge in [0.15, 0.2) is 0 Å². The molecule has 224 valence electrons. The maximum Gasteiger partial charge on any atom is 0.244 e. The van der Waals surface area contributed by atoms with E-state index < -0.39 is 28.5 Å². The third-order valence-corrected chi connectivity index (χ3v) is 9.28. The lowest BCUT2D eigenvalue weighted by Crippen LogP contribution is -2.55. The Kier molecular flexibility index (Phi) is 11.2. The largest absolute Gasteiger partial charge is 0.352 e. The highest BCUT2D eigenvalue weighted by Gasteiger charge is 2.34. The fourth-order valence-electron chi connectivity index (χ4n) is 5.16. The Morgan fingerprint density at radius 1 is 0.881 bits per heavy atom. The zero-order chi connectivity index (χ0) is 30.3. The Labute approximate surface area is 262 Å². The number of nitrogens with zero attached hydrogens (tertiary/aromatic N) is 2. The van der Waals surface area contributed by atoms with Gasteiger partial charge in [0, 0.05) is 29.1 Å². The van der Waals surface area contributed by atoms with Crippen molar-refractivity contribution in [3.05, 3.63) is 99.0 Å². The second-order valence-corrected chi connectivity index (χ2v) is 13.7. The molecule has 11 heteroatoms. The molecule has 0 aliphatic heterocycles. The smallest absolute Gasteiger partial charge is 0.244 e. The molecular weight excluding hydrogens is 617 g/mol. The topological polar surface area (TPSA) is 86.8 Å². The van der Waals surface area contributed by atoms with Crippen LogP contribution in [0.25, 0.3) is 0 Å². The third kappa shape index (κ3) is 8.86. The van der Waals surface area contributed by atoms with E-state index in [1.807, 2.05) is 30.3 Å². The highest BCUT2D eigenvalue weighted by Crippen LogP contribution is 2.31. The minimum Gasteiger partial charge on any atom is -0.352 e. The van der Waals surface area contributed by atoms with E-state index in [1.54, 1.807) is 24.3 Å². The van der Waals surface area contributed by atoms with Crippen LogP contribution in [0.5, 0.6) is 0 Å². The van der Waals surface area contributed by atoms with Crippen LogP contribution < -0.4 is 9.62 Å². The highest BCUT2D eigenvalue weighted by molar-refractivity contribution is 7.92. The van der Waals surface area contributed by atoms with E-state index in [0.717, 1.165) is 53.8 Å². The van der Waals surface area contributed by atoms with E-state index in [1.165, 1.54) is 23.1 Å². The summed E-state index contributed by atoms with van der Waals surface area (Å²) in [6.45, 7) is -0.513. The van der Waals surface area contributed by atoms with Crippen molar-refractivity contribution < 1.29 is 18.0 Å². The van der Waals surface area contributed by atoms with Crippen LogP contribution >= 0.6 is 34.8 Å². The average molecular weight is 651 g/mol. The second-order valence-electron chi connectivity index (χ2n) is 10.6. The lowest BCUT2D eigenvalue weighted by atomic mass is 9.94. The Morgan fingerprint density at radius 3 is 2.17 bits per heavy atom. The number of carbonyl (C=O) groups excluding carboxylic acids is 2. The number of benzene rings is 3. The van der Waals surface area contributed by atoms with E-state index in [4.69, 9.17) is 34.8 Å². The van der Waals surface area contributed by atoms with Gasteiger partial charge >= 0.3 is 0 Å². The summed E-state index contributed by atoms with van der Waals surface area (Å²) >= 11 is 18.6. The summed E-state index contributed by atoms with van der Waals surface area (Å²) in [5.41, 5.74) is 1.69. The minimum atomic E-state index is -3.97. The van der Waals surface area contributed by atoms with Crippen molar-refractivity contribution in [1.29, 1.82) is 0 Å². The van der Waals surface area contributed by atoms with Crippen LogP contribution in [0.3, 0.4) is 0 Å². The van der Waals surface area contributed by atoms with Crippen LogP contribution in [-0.2, 0) is 32.6 Å². The maximum absolute atomic E-state index is 14.2. The van der Waals surface area contributed by atoms with Gasteiger partial charge in [-0.05, 0) is 54.3 Å². The summed E-state index contributed by atoms with van der Waals surface area (Å²) in [6.07, 6.45) is 6.20. The number of carbonyl (C=O) groups is 2. The standard InChI is InChI=1S/C31H34Cl3N3O4S/c1-42(40,41)37(28-19-25(33)16-17-27(28)34)21-30(38)36(20-23-12-14-24(32)15-13-23)29(18-22-8-4-2-5-9-22)31(39)35-26-10-6-3-7-11-26/h2,4-5,8-9,12-17,19,26,29H,3,6-7,10-11,18,20-21H2,1H3,(H,35,39)/t29-/m0/s1. The number of hydrogen-bond acceptors (Lipinski definition) is 4. The van der Waals surface area contributed by atoms with Gasteiger partial charge in [-0.2, -0.15) is 0 Å². The van der Waals surface area contributed by atoms with Gasteiger partial charge in [0.05, 0.1) is 17.0 Å². The minimum absolute atomic E-state index is 0.0230. The molecule has 3 aromatic rings. The molecule has 1 N–H and O–H groups in total. The van der Waals surface area contributed by atoms with E-state index in [-0.39, 0.29) is 40.6 Å². The Morgan fingerprint density at radius 2 is 1.52 bits per heavy atom. The summed E-state index contributed by atoms with van der Waals surface area (Å²) in [7, 11) is -3.97. The molecule has 0 saturated heterocycles. The molecule has 7 nitrogen and oxygen atoms in total. The Balaban J connectivity index is 1.73. The van der Waals surface area contributed by atoms with E-state index in [2.05, 4.69) is 5.32 Å².